The second kappa shape index (κ2) is 5.70. The molecule has 1 fully saturated rings. The zero-order chi connectivity index (χ0) is 13.9. The van der Waals surface area contributed by atoms with Gasteiger partial charge < -0.3 is 11.1 Å². The van der Waals surface area contributed by atoms with Crippen LogP contribution in [0.5, 0.6) is 0 Å². The van der Waals surface area contributed by atoms with Crippen LogP contribution in [0, 0.1) is 11.2 Å². The maximum absolute atomic E-state index is 13.6. The summed E-state index contributed by atoms with van der Waals surface area (Å²) < 4.78 is 13.6. The Morgan fingerprint density at radius 2 is 2.21 bits per heavy atom. The molecule has 0 aliphatic heterocycles. The molecule has 104 valence electrons. The Hall–Kier alpha value is -1.42. The molecular formula is C15H21FN2O. The third kappa shape index (κ3) is 3.13. The van der Waals surface area contributed by atoms with Gasteiger partial charge in [-0.3, -0.25) is 4.79 Å². The topological polar surface area (TPSA) is 55.1 Å². The highest BCUT2D eigenvalue weighted by atomic mass is 19.1. The van der Waals surface area contributed by atoms with Gasteiger partial charge in [0.25, 0.3) is 0 Å². The molecule has 4 heteroatoms. The van der Waals surface area contributed by atoms with Crippen molar-refractivity contribution in [3.63, 3.8) is 0 Å². The van der Waals surface area contributed by atoms with Crippen LogP contribution in [0.4, 0.5) is 4.39 Å². The lowest BCUT2D eigenvalue weighted by Gasteiger charge is -2.41. The van der Waals surface area contributed by atoms with Crippen LogP contribution >= 0.6 is 0 Å². The van der Waals surface area contributed by atoms with Gasteiger partial charge in [0, 0.05) is 24.2 Å². The molecule has 1 amide bonds. The molecule has 0 saturated heterocycles. The molecule has 1 aliphatic carbocycles. The number of rotatable bonds is 6. The number of amides is 1. The molecule has 1 saturated carbocycles. The molecular weight excluding hydrogens is 243 g/mol. The third-order valence-electron chi connectivity index (χ3n) is 4.31. The van der Waals surface area contributed by atoms with Gasteiger partial charge in [0.15, 0.2) is 0 Å². The predicted molar refractivity (Wildman–Crippen MR) is 73.2 cm³/mol. The quantitative estimate of drug-likeness (QED) is 0.829. The minimum absolute atomic E-state index is 0.295. The molecule has 0 unspecified atom stereocenters. The third-order valence-corrected chi connectivity index (χ3v) is 4.31. The number of nitrogens with two attached hydrogens (primary N) is 1. The fraction of sp³-hybridized carbons (Fsp3) is 0.533. The number of primary amides is 1. The van der Waals surface area contributed by atoms with Gasteiger partial charge in [-0.05, 0) is 42.9 Å². The monoisotopic (exact) mass is 264 g/mol. The summed E-state index contributed by atoms with van der Waals surface area (Å²) in [6, 6.07) is 4.25. The van der Waals surface area contributed by atoms with Crippen LogP contribution in [-0.2, 0) is 6.54 Å². The van der Waals surface area contributed by atoms with E-state index in [9.17, 15) is 9.18 Å². The van der Waals surface area contributed by atoms with E-state index in [-0.39, 0.29) is 5.82 Å². The van der Waals surface area contributed by atoms with E-state index in [1.165, 1.54) is 37.5 Å². The molecule has 0 heterocycles. The van der Waals surface area contributed by atoms with E-state index in [0.717, 1.165) is 13.0 Å². The van der Waals surface area contributed by atoms with Crippen molar-refractivity contribution < 1.29 is 9.18 Å². The first-order valence-electron chi connectivity index (χ1n) is 6.85. The largest absolute Gasteiger partial charge is 0.366 e. The van der Waals surface area contributed by atoms with Gasteiger partial charge in [-0.1, -0.05) is 13.3 Å². The predicted octanol–water partition coefficient (Wildman–Crippen LogP) is 2.59. The zero-order valence-electron chi connectivity index (χ0n) is 11.3. The molecule has 3 N–H and O–H groups in total. The van der Waals surface area contributed by atoms with Crippen LogP contribution < -0.4 is 11.1 Å². The Labute approximate surface area is 113 Å². The van der Waals surface area contributed by atoms with Crippen LogP contribution in [0.2, 0.25) is 0 Å². The molecule has 1 aliphatic rings. The van der Waals surface area contributed by atoms with Crippen molar-refractivity contribution in [2.75, 3.05) is 6.54 Å². The summed E-state index contributed by atoms with van der Waals surface area (Å²) in [6.07, 6.45) is 4.95. The Morgan fingerprint density at radius 1 is 1.47 bits per heavy atom. The summed E-state index contributed by atoms with van der Waals surface area (Å²) in [5.41, 5.74) is 6.46. The number of nitrogens with one attached hydrogen (secondary N) is 1. The first-order chi connectivity index (χ1) is 9.06. The van der Waals surface area contributed by atoms with Gasteiger partial charge in [-0.25, -0.2) is 4.39 Å². The van der Waals surface area contributed by atoms with Crippen LogP contribution in [0.3, 0.4) is 0 Å². The lowest BCUT2D eigenvalue weighted by molar-refractivity contribution is 0.1000. The van der Waals surface area contributed by atoms with Crippen molar-refractivity contribution in [3.8, 4) is 0 Å². The van der Waals surface area contributed by atoms with Gasteiger partial charge in [-0.15, -0.1) is 0 Å². The van der Waals surface area contributed by atoms with Crippen molar-refractivity contribution in [1.82, 2.24) is 5.32 Å². The summed E-state index contributed by atoms with van der Waals surface area (Å²) in [4.78, 5) is 11.1. The number of carbonyl (C=O) groups is 1. The van der Waals surface area contributed by atoms with E-state index in [2.05, 4.69) is 12.2 Å². The molecule has 0 radical (unpaired) electrons. The normalized spacial score (nSPS) is 16.9. The molecule has 0 spiro atoms. The SMILES string of the molecule is CCC1(CNCc2cc(C(N)=O)ccc2F)CCC1. The lowest BCUT2D eigenvalue weighted by atomic mass is 9.67. The van der Waals surface area contributed by atoms with Crippen LogP contribution in [0.15, 0.2) is 18.2 Å². The molecule has 0 bridgehead atoms. The van der Waals surface area contributed by atoms with Crippen LogP contribution in [-0.4, -0.2) is 12.5 Å². The van der Waals surface area contributed by atoms with Crippen molar-refractivity contribution in [2.24, 2.45) is 11.1 Å². The molecule has 0 aromatic heterocycles. The van der Waals surface area contributed by atoms with Crippen molar-refractivity contribution >= 4 is 5.91 Å². The summed E-state index contributed by atoms with van der Waals surface area (Å²) in [5, 5.41) is 3.31. The Kier molecular flexibility index (Phi) is 4.20. The lowest BCUT2D eigenvalue weighted by Crippen LogP contribution is -2.39. The van der Waals surface area contributed by atoms with E-state index in [0.29, 0.717) is 23.1 Å². The fourth-order valence-electron chi connectivity index (χ4n) is 2.66. The molecule has 2 rings (SSSR count). The molecule has 0 atom stereocenters. The van der Waals surface area contributed by atoms with Crippen LogP contribution in [0.1, 0.15) is 48.5 Å². The second-order valence-electron chi connectivity index (χ2n) is 5.48. The van der Waals surface area contributed by atoms with E-state index in [1.807, 2.05) is 0 Å². The average Bonchev–Trinajstić information content (AvgIpc) is 2.34. The Morgan fingerprint density at radius 3 is 2.74 bits per heavy atom. The second-order valence-corrected chi connectivity index (χ2v) is 5.48. The van der Waals surface area contributed by atoms with Gasteiger partial charge in [0.05, 0.1) is 0 Å². The maximum Gasteiger partial charge on any atom is 0.248 e. The van der Waals surface area contributed by atoms with E-state index in [4.69, 9.17) is 5.73 Å². The first kappa shape index (κ1) is 14.0. The van der Waals surface area contributed by atoms with Crippen molar-refractivity contribution in [2.45, 2.75) is 39.2 Å². The fourth-order valence-corrected chi connectivity index (χ4v) is 2.66. The number of hydrogen-bond acceptors (Lipinski definition) is 2. The van der Waals surface area contributed by atoms with E-state index in [1.54, 1.807) is 0 Å². The van der Waals surface area contributed by atoms with Gasteiger partial charge in [0.1, 0.15) is 5.82 Å². The van der Waals surface area contributed by atoms with Crippen LogP contribution in [0.25, 0.3) is 0 Å². The van der Waals surface area contributed by atoms with E-state index >= 15 is 0 Å². The summed E-state index contributed by atoms with van der Waals surface area (Å²) >= 11 is 0. The Balaban J connectivity index is 1.95. The highest BCUT2D eigenvalue weighted by molar-refractivity contribution is 5.92. The van der Waals surface area contributed by atoms with Gasteiger partial charge in [-0.2, -0.15) is 0 Å². The zero-order valence-corrected chi connectivity index (χ0v) is 11.3. The number of carbonyl (C=O) groups excluding carboxylic acids is 1. The smallest absolute Gasteiger partial charge is 0.248 e. The van der Waals surface area contributed by atoms with Gasteiger partial charge in [0.2, 0.25) is 5.91 Å². The summed E-state index contributed by atoms with van der Waals surface area (Å²) in [7, 11) is 0. The number of halogens is 1. The first-order valence-corrected chi connectivity index (χ1v) is 6.85. The van der Waals surface area contributed by atoms with Gasteiger partial charge >= 0.3 is 0 Å². The van der Waals surface area contributed by atoms with Crippen molar-refractivity contribution in [1.29, 1.82) is 0 Å². The summed E-state index contributed by atoms with van der Waals surface area (Å²) in [5.74, 6) is -0.818. The molecule has 1 aromatic carbocycles. The number of hydrogen-bond donors (Lipinski definition) is 2. The molecule has 19 heavy (non-hydrogen) atoms. The maximum atomic E-state index is 13.6. The van der Waals surface area contributed by atoms with Crippen molar-refractivity contribution in [3.05, 3.63) is 35.1 Å². The standard InChI is InChI=1S/C15H21FN2O/c1-2-15(6-3-7-15)10-18-9-12-8-11(14(17)19)4-5-13(12)16/h4-5,8,18H,2-3,6-7,9-10H2,1H3,(H2,17,19). The average molecular weight is 264 g/mol. The molecule has 1 aromatic rings. The highest BCUT2D eigenvalue weighted by Crippen LogP contribution is 2.43. The molecule has 3 nitrogen and oxygen atoms in total. The minimum Gasteiger partial charge on any atom is -0.366 e. The summed E-state index contributed by atoms with van der Waals surface area (Å²) in [6.45, 7) is 3.55. The Bertz CT molecular complexity index is 464. The number of benzene rings is 1. The van der Waals surface area contributed by atoms with E-state index < -0.39 is 5.91 Å². The highest BCUT2D eigenvalue weighted by Gasteiger charge is 2.34. The minimum atomic E-state index is -0.523.